The molecule has 7 nitrogen and oxygen atoms in total. The molecule has 0 aliphatic rings. The van der Waals surface area contributed by atoms with Crippen molar-refractivity contribution in [2.45, 2.75) is 226 Å². The van der Waals surface area contributed by atoms with E-state index in [1.54, 1.807) is 0 Å². The monoisotopic (exact) mass is 790 g/mol. The average molecular weight is 790 g/mol. The Bertz CT molecular complexity index is 884. The van der Waals surface area contributed by atoms with E-state index in [0.717, 1.165) is 115 Å². The quantitative estimate of drug-likeness (QED) is 0.0264. The maximum Gasteiger partial charge on any atom is 0.306 e. The molecular formula is C49H91NO6. The molecule has 0 saturated heterocycles. The van der Waals surface area contributed by atoms with Gasteiger partial charge in [-0.2, -0.15) is 0 Å². The van der Waals surface area contributed by atoms with Crippen LogP contribution < -0.4 is 0 Å². The molecule has 0 rings (SSSR count). The van der Waals surface area contributed by atoms with Gasteiger partial charge in [0.25, 0.3) is 0 Å². The SMILES string of the molecule is CCCCC(CC=CCOC(=O)CCCCCCCC(CCCCCCCC(=O)OCC=CCC(CCCC)CCCC)OC(=O)CCCN(C)C)CCCC. The molecule has 7 heteroatoms. The number of hydrogen-bond donors (Lipinski definition) is 0. The van der Waals surface area contributed by atoms with Crippen LogP contribution in [0.2, 0.25) is 0 Å². The van der Waals surface area contributed by atoms with Crippen molar-refractivity contribution in [2.75, 3.05) is 33.9 Å². The molecule has 0 N–H and O–H groups in total. The first-order valence-corrected chi connectivity index (χ1v) is 23.7. The fourth-order valence-corrected chi connectivity index (χ4v) is 7.26. The lowest BCUT2D eigenvalue weighted by molar-refractivity contribution is -0.150. The highest BCUT2D eigenvalue weighted by molar-refractivity contribution is 5.70. The molecule has 0 radical (unpaired) electrons. The van der Waals surface area contributed by atoms with E-state index in [9.17, 15) is 14.4 Å². The van der Waals surface area contributed by atoms with Gasteiger partial charge < -0.3 is 19.1 Å². The highest BCUT2D eigenvalue weighted by Gasteiger charge is 2.15. The standard InChI is InChI=1S/C49H91NO6/c1-7-11-30-44(31-12-8-2)34-25-27-42-54-47(51)38-23-19-15-17-21-36-46(56-49(53)40-29-41-50(5)6)37-22-18-16-20-24-39-48(52)55-43-28-26-35-45(32-13-9-3)33-14-10-4/h25-28,44-46H,7-24,29-43H2,1-6H3. The minimum atomic E-state index is -0.101. The van der Waals surface area contributed by atoms with Crippen molar-refractivity contribution >= 4 is 17.9 Å². The van der Waals surface area contributed by atoms with Crippen molar-refractivity contribution in [2.24, 2.45) is 11.8 Å². The summed E-state index contributed by atoms with van der Waals surface area (Å²) in [5.74, 6) is 1.22. The van der Waals surface area contributed by atoms with Crippen molar-refractivity contribution in [3.8, 4) is 0 Å². The number of esters is 3. The van der Waals surface area contributed by atoms with E-state index in [2.05, 4.69) is 44.7 Å². The molecule has 0 amide bonds. The van der Waals surface area contributed by atoms with E-state index >= 15 is 0 Å². The number of nitrogens with zero attached hydrogens (tertiary/aromatic N) is 1. The molecule has 0 aromatic carbocycles. The van der Waals surface area contributed by atoms with E-state index in [1.807, 2.05) is 26.2 Å². The van der Waals surface area contributed by atoms with Crippen LogP contribution in [0.5, 0.6) is 0 Å². The third kappa shape index (κ3) is 37.4. The number of carbonyl (C=O) groups excluding carboxylic acids is 3. The lowest BCUT2D eigenvalue weighted by Crippen LogP contribution is -2.20. The summed E-state index contributed by atoms with van der Waals surface area (Å²) < 4.78 is 16.9. The van der Waals surface area contributed by atoms with Gasteiger partial charge in [-0.15, -0.1) is 0 Å². The Kier molecular flexibility index (Phi) is 39.5. The first-order valence-electron chi connectivity index (χ1n) is 23.7. The summed E-state index contributed by atoms with van der Waals surface area (Å²) >= 11 is 0. The molecule has 0 heterocycles. The molecule has 0 unspecified atom stereocenters. The number of unbranched alkanes of at least 4 members (excludes halogenated alkanes) is 12. The molecule has 0 saturated carbocycles. The van der Waals surface area contributed by atoms with Crippen LogP contribution in [-0.2, 0) is 28.6 Å². The van der Waals surface area contributed by atoms with Gasteiger partial charge in [-0.05, 0) is 90.3 Å². The zero-order valence-corrected chi connectivity index (χ0v) is 37.8. The van der Waals surface area contributed by atoms with Crippen molar-refractivity contribution in [1.82, 2.24) is 4.90 Å². The second-order valence-corrected chi connectivity index (χ2v) is 16.7. The van der Waals surface area contributed by atoms with Gasteiger partial charge in [0.2, 0.25) is 0 Å². The Hall–Kier alpha value is -2.15. The zero-order valence-electron chi connectivity index (χ0n) is 37.8. The molecule has 0 aromatic heterocycles. The minimum absolute atomic E-state index is 0.0324. The van der Waals surface area contributed by atoms with Crippen LogP contribution in [-0.4, -0.2) is 62.8 Å². The normalized spacial score (nSPS) is 12.4. The molecule has 0 atom stereocenters. The van der Waals surface area contributed by atoms with Gasteiger partial charge in [0.05, 0.1) is 0 Å². The molecule has 56 heavy (non-hydrogen) atoms. The second kappa shape index (κ2) is 41.0. The third-order valence-electron chi connectivity index (χ3n) is 10.9. The predicted molar refractivity (Wildman–Crippen MR) is 237 cm³/mol. The van der Waals surface area contributed by atoms with E-state index in [4.69, 9.17) is 14.2 Å². The lowest BCUT2D eigenvalue weighted by Gasteiger charge is -2.18. The fourth-order valence-electron chi connectivity index (χ4n) is 7.26. The van der Waals surface area contributed by atoms with Crippen LogP contribution in [0, 0.1) is 11.8 Å². The highest BCUT2D eigenvalue weighted by atomic mass is 16.5. The van der Waals surface area contributed by atoms with E-state index in [1.165, 1.54) is 77.0 Å². The second-order valence-electron chi connectivity index (χ2n) is 16.7. The molecule has 0 aliphatic heterocycles. The van der Waals surface area contributed by atoms with Crippen LogP contribution in [0.1, 0.15) is 220 Å². The Morgan fingerprint density at radius 1 is 0.446 bits per heavy atom. The van der Waals surface area contributed by atoms with Gasteiger partial charge in [0.15, 0.2) is 0 Å². The predicted octanol–water partition coefficient (Wildman–Crippen LogP) is 13.7. The van der Waals surface area contributed by atoms with Crippen LogP contribution in [0.15, 0.2) is 24.3 Å². The molecular weight excluding hydrogens is 699 g/mol. The van der Waals surface area contributed by atoms with Gasteiger partial charge in [0, 0.05) is 19.3 Å². The minimum Gasteiger partial charge on any atom is -0.462 e. The van der Waals surface area contributed by atoms with Gasteiger partial charge >= 0.3 is 17.9 Å². The summed E-state index contributed by atoms with van der Waals surface area (Å²) in [5, 5.41) is 0. The number of rotatable bonds is 41. The van der Waals surface area contributed by atoms with E-state index in [0.29, 0.717) is 32.5 Å². The number of hydrogen-bond acceptors (Lipinski definition) is 7. The summed E-state index contributed by atoms with van der Waals surface area (Å²) in [4.78, 5) is 39.1. The van der Waals surface area contributed by atoms with Crippen molar-refractivity contribution in [3.63, 3.8) is 0 Å². The first-order chi connectivity index (χ1) is 27.2. The summed E-state index contributed by atoms with van der Waals surface area (Å²) in [6, 6.07) is 0. The molecule has 0 fully saturated rings. The Morgan fingerprint density at radius 3 is 1.21 bits per heavy atom. The topological polar surface area (TPSA) is 82.1 Å². The van der Waals surface area contributed by atoms with Gasteiger partial charge in [-0.3, -0.25) is 14.4 Å². The van der Waals surface area contributed by atoms with Gasteiger partial charge in [0.1, 0.15) is 19.3 Å². The molecule has 0 bridgehead atoms. The van der Waals surface area contributed by atoms with Crippen LogP contribution in [0.3, 0.4) is 0 Å². The molecule has 328 valence electrons. The van der Waals surface area contributed by atoms with Crippen molar-refractivity contribution < 1.29 is 28.6 Å². The Labute approximate surface area is 346 Å². The van der Waals surface area contributed by atoms with Crippen molar-refractivity contribution in [1.29, 1.82) is 0 Å². The smallest absolute Gasteiger partial charge is 0.306 e. The molecule has 0 aliphatic carbocycles. The van der Waals surface area contributed by atoms with Crippen LogP contribution >= 0.6 is 0 Å². The summed E-state index contributed by atoms with van der Waals surface area (Å²) in [6.45, 7) is 10.7. The molecule has 0 aromatic rings. The van der Waals surface area contributed by atoms with E-state index < -0.39 is 0 Å². The summed E-state index contributed by atoms with van der Waals surface area (Å²) in [5.41, 5.74) is 0. The van der Waals surface area contributed by atoms with Gasteiger partial charge in [-0.25, -0.2) is 0 Å². The fraction of sp³-hybridized carbons (Fsp3) is 0.857. The summed E-state index contributed by atoms with van der Waals surface area (Å²) in [7, 11) is 4.05. The first kappa shape index (κ1) is 53.9. The highest BCUT2D eigenvalue weighted by Crippen LogP contribution is 2.22. The number of carbonyl (C=O) groups is 3. The van der Waals surface area contributed by atoms with Crippen LogP contribution in [0.25, 0.3) is 0 Å². The average Bonchev–Trinajstić information content (AvgIpc) is 3.17. The van der Waals surface area contributed by atoms with Gasteiger partial charge in [-0.1, -0.05) is 168 Å². The zero-order chi connectivity index (χ0) is 41.3. The van der Waals surface area contributed by atoms with Crippen molar-refractivity contribution in [3.05, 3.63) is 24.3 Å². The maximum atomic E-state index is 12.6. The lowest BCUT2D eigenvalue weighted by atomic mass is 9.93. The van der Waals surface area contributed by atoms with E-state index in [-0.39, 0.29) is 24.0 Å². The largest absolute Gasteiger partial charge is 0.462 e. The third-order valence-corrected chi connectivity index (χ3v) is 10.9. The number of allylic oxidation sites excluding steroid dienone is 2. The number of ether oxygens (including phenoxy) is 3. The summed E-state index contributed by atoms with van der Waals surface area (Å²) in [6.07, 6.45) is 40.1. The molecule has 0 spiro atoms. The maximum absolute atomic E-state index is 12.6. The Morgan fingerprint density at radius 2 is 0.821 bits per heavy atom. The Balaban J connectivity index is 4.29. The van der Waals surface area contributed by atoms with Crippen LogP contribution in [0.4, 0.5) is 0 Å².